The first-order valence-corrected chi connectivity index (χ1v) is 9.04. The summed E-state index contributed by atoms with van der Waals surface area (Å²) in [4.78, 5) is 0. The second-order valence-electron chi connectivity index (χ2n) is 5.33. The molecule has 0 fully saturated rings. The highest BCUT2D eigenvalue weighted by Crippen LogP contribution is 2.09. The van der Waals surface area contributed by atoms with Crippen LogP contribution in [-0.2, 0) is 16.5 Å². The Bertz CT molecular complexity index is 679. The summed E-state index contributed by atoms with van der Waals surface area (Å²) in [5.74, 6) is 0. The average Bonchev–Trinajstić information content (AvgIpc) is 2.44. The third-order valence-electron chi connectivity index (χ3n) is 2.87. The van der Waals surface area contributed by atoms with Crippen molar-refractivity contribution in [2.45, 2.75) is 19.4 Å². The van der Waals surface area contributed by atoms with Gasteiger partial charge in [0.2, 0.25) is 0 Å². The average molecular weight is 337 g/mol. The predicted octanol–water partition coefficient (Wildman–Crippen LogP) is 2.51. The van der Waals surface area contributed by atoms with Crippen molar-refractivity contribution in [3.05, 3.63) is 65.7 Å². The van der Waals surface area contributed by atoms with Crippen molar-refractivity contribution in [3.8, 4) is 0 Å². The molecule has 0 aliphatic heterocycles. The first kappa shape index (κ1) is 19.2. The highest BCUT2D eigenvalue weighted by molar-refractivity contribution is 7.85. The molecule has 5 nitrogen and oxygen atoms in total. The molecule has 0 saturated carbocycles. The van der Waals surface area contributed by atoms with E-state index in [2.05, 4.69) is 30.4 Å². The second-order valence-corrected chi connectivity index (χ2v) is 6.79. The Morgan fingerprint density at radius 1 is 1.09 bits per heavy atom. The molecule has 0 radical (unpaired) electrons. The minimum absolute atomic E-state index is 0.369. The van der Waals surface area contributed by atoms with Crippen LogP contribution in [0.1, 0.15) is 11.1 Å². The summed E-state index contributed by atoms with van der Waals surface area (Å²) in [7, 11) is -3.67. The van der Waals surface area contributed by atoms with Crippen LogP contribution in [0, 0.1) is 6.92 Å². The first-order valence-electron chi connectivity index (χ1n) is 7.19. The lowest BCUT2D eigenvalue weighted by molar-refractivity contribution is 0.188. The van der Waals surface area contributed by atoms with Gasteiger partial charge in [0.25, 0.3) is 10.1 Å². The molecule has 126 valence electrons. The van der Waals surface area contributed by atoms with E-state index in [0.717, 1.165) is 5.69 Å². The Kier molecular flexibility index (Phi) is 7.74. The van der Waals surface area contributed by atoms with E-state index < -0.39 is 10.1 Å². The second kappa shape index (κ2) is 9.29. The van der Waals surface area contributed by atoms with E-state index in [1.165, 1.54) is 11.1 Å². The van der Waals surface area contributed by atoms with Gasteiger partial charge in [0.15, 0.2) is 0 Å². The maximum atomic E-state index is 9.99. The predicted molar refractivity (Wildman–Crippen MR) is 93.3 cm³/mol. The van der Waals surface area contributed by atoms with E-state index >= 15 is 0 Å². The van der Waals surface area contributed by atoms with Crippen LogP contribution in [0.25, 0.3) is 0 Å². The Balaban J connectivity index is 0.000000463. The van der Waals surface area contributed by atoms with Crippen LogP contribution < -0.4 is 5.32 Å². The van der Waals surface area contributed by atoms with Gasteiger partial charge in [0.1, 0.15) is 0 Å². The largest absolute Gasteiger partial charge is 0.391 e. The number of nitrogens with one attached hydrogen (secondary N) is 1. The maximum absolute atomic E-state index is 9.99. The summed E-state index contributed by atoms with van der Waals surface area (Å²) in [6.45, 7) is 2.63. The molecule has 0 amide bonds. The molecular weight excluding hydrogens is 314 g/mol. The van der Waals surface area contributed by atoms with Crippen LogP contribution in [0.2, 0.25) is 0 Å². The van der Waals surface area contributed by atoms with Crippen molar-refractivity contribution in [1.82, 2.24) is 0 Å². The van der Waals surface area contributed by atoms with Crippen LogP contribution in [0.3, 0.4) is 0 Å². The Hall–Kier alpha value is -1.89. The zero-order chi connectivity index (χ0) is 17.3. The number of hydrogen-bond donors (Lipinski definition) is 3. The lowest BCUT2D eigenvalue weighted by Gasteiger charge is -2.13. The van der Waals surface area contributed by atoms with Crippen LogP contribution in [0.4, 0.5) is 5.69 Å². The molecule has 2 aromatic rings. The smallest absolute Gasteiger partial charge is 0.261 e. The van der Waals surface area contributed by atoms with Crippen molar-refractivity contribution in [3.63, 3.8) is 0 Å². The van der Waals surface area contributed by atoms with Crippen LogP contribution >= 0.6 is 0 Å². The molecule has 23 heavy (non-hydrogen) atoms. The molecule has 0 aromatic heterocycles. The number of aryl methyl sites for hydroxylation is 1. The number of aliphatic hydroxyl groups is 1. The summed E-state index contributed by atoms with van der Waals surface area (Å²) in [5, 5.41) is 13.2. The van der Waals surface area contributed by atoms with Gasteiger partial charge in [-0.25, -0.2) is 0 Å². The van der Waals surface area contributed by atoms with Crippen LogP contribution in [0.5, 0.6) is 0 Å². The third-order valence-corrected chi connectivity index (χ3v) is 2.87. The molecule has 2 rings (SSSR count). The molecule has 6 heteroatoms. The summed E-state index contributed by atoms with van der Waals surface area (Å²) in [6, 6.07) is 18.2. The van der Waals surface area contributed by atoms with E-state index in [-0.39, 0.29) is 6.10 Å². The fourth-order valence-corrected chi connectivity index (χ4v) is 1.98. The fraction of sp³-hybridized carbons (Fsp3) is 0.294. The highest BCUT2D eigenvalue weighted by atomic mass is 32.2. The van der Waals surface area contributed by atoms with Crippen molar-refractivity contribution < 1.29 is 18.1 Å². The quantitative estimate of drug-likeness (QED) is 0.730. The van der Waals surface area contributed by atoms with Crippen molar-refractivity contribution in [2.24, 2.45) is 0 Å². The lowest BCUT2D eigenvalue weighted by atomic mass is 10.1. The number of anilines is 1. The molecule has 0 heterocycles. The first-order chi connectivity index (χ1) is 10.7. The van der Waals surface area contributed by atoms with E-state index in [1.54, 1.807) is 0 Å². The zero-order valence-corrected chi connectivity index (χ0v) is 14.1. The number of hydrogen-bond acceptors (Lipinski definition) is 4. The van der Waals surface area contributed by atoms with Gasteiger partial charge in [-0.05, 0) is 24.6 Å². The third kappa shape index (κ3) is 10.5. The molecule has 2 aromatic carbocycles. The van der Waals surface area contributed by atoms with Crippen molar-refractivity contribution in [2.75, 3.05) is 18.1 Å². The summed E-state index contributed by atoms with van der Waals surface area (Å²) in [6.07, 6.45) is 1.03. The minimum atomic E-state index is -3.67. The summed E-state index contributed by atoms with van der Waals surface area (Å²) >= 11 is 0. The van der Waals surface area contributed by atoms with Gasteiger partial charge in [-0.3, -0.25) is 4.55 Å². The Morgan fingerprint density at radius 2 is 1.70 bits per heavy atom. The SMILES string of the molecule is CS(=O)(=O)O.Cc1cccc(C[C@H](O)CNc2ccccc2)c1. The number of aliphatic hydroxyl groups excluding tert-OH is 1. The molecule has 0 unspecified atom stereocenters. The Morgan fingerprint density at radius 3 is 2.26 bits per heavy atom. The van der Waals surface area contributed by atoms with Gasteiger partial charge in [-0.1, -0.05) is 48.0 Å². The number of para-hydroxylation sites is 1. The van der Waals surface area contributed by atoms with Gasteiger partial charge in [0.05, 0.1) is 12.4 Å². The van der Waals surface area contributed by atoms with E-state index in [1.807, 2.05) is 36.4 Å². The fourth-order valence-electron chi connectivity index (χ4n) is 1.98. The van der Waals surface area contributed by atoms with Gasteiger partial charge < -0.3 is 10.4 Å². The lowest BCUT2D eigenvalue weighted by Crippen LogP contribution is -2.21. The molecule has 0 spiro atoms. The molecule has 1 atom stereocenters. The van der Waals surface area contributed by atoms with E-state index in [9.17, 15) is 13.5 Å². The topological polar surface area (TPSA) is 86.6 Å². The highest BCUT2D eigenvalue weighted by Gasteiger charge is 2.05. The molecule has 0 aliphatic carbocycles. The normalized spacial score (nSPS) is 12.0. The molecule has 3 N–H and O–H groups in total. The molecular formula is C17H23NO4S. The maximum Gasteiger partial charge on any atom is 0.261 e. The molecule has 0 aliphatic rings. The molecule has 0 saturated heterocycles. The van der Waals surface area contributed by atoms with Crippen molar-refractivity contribution >= 4 is 15.8 Å². The minimum Gasteiger partial charge on any atom is -0.391 e. The van der Waals surface area contributed by atoms with Gasteiger partial charge in [-0.15, -0.1) is 0 Å². The van der Waals surface area contributed by atoms with Crippen molar-refractivity contribution in [1.29, 1.82) is 0 Å². The summed E-state index contributed by atoms with van der Waals surface area (Å²) in [5.41, 5.74) is 3.45. The van der Waals surface area contributed by atoms with Crippen LogP contribution in [-0.4, -0.2) is 37.0 Å². The molecule has 0 bridgehead atoms. The van der Waals surface area contributed by atoms with Gasteiger partial charge >= 0.3 is 0 Å². The number of rotatable bonds is 5. The summed E-state index contributed by atoms with van der Waals surface area (Å²) < 4.78 is 25.9. The van der Waals surface area contributed by atoms with E-state index in [4.69, 9.17) is 4.55 Å². The monoisotopic (exact) mass is 337 g/mol. The number of benzene rings is 2. The van der Waals surface area contributed by atoms with E-state index in [0.29, 0.717) is 19.2 Å². The van der Waals surface area contributed by atoms with Crippen LogP contribution in [0.15, 0.2) is 54.6 Å². The Labute approximate surface area is 137 Å². The zero-order valence-electron chi connectivity index (χ0n) is 13.3. The van der Waals surface area contributed by atoms with Gasteiger partial charge in [0, 0.05) is 18.7 Å². The standard InChI is InChI=1S/C16H19NO.CH4O3S/c1-13-6-5-7-14(10-13)11-16(18)12-17-15-8-3-2-4-9-15;1-5(2,3)4/h2-10,16-18H,11-12H2,1H3;1H3,(H,2,3,4)/t16-;/m0./s1. The van der Waals surface area contributed by atoms with Gasteiger partial charge in [-0.2, -0.15) is 8.42 Å².